The molecule has 0 saturated heterocycles. The first kappa shape index (κ1) is 15.6. The number of rotatable bonds is 5. The summed E-state index contributed by atoms with van der Waals surface area (Å²) >= 11 is 3.45. The zero-order valence-electron chi connectivity index (χ0n) is 12.1. The van der Waals surface area contributed by atoms with Gasteiger partial charge in [0.1, 0.15) is 0 Å². The van der Waals surface area contributed by atoms with Crippen molar-refractivity contribution in [3.63, 3.8) is 0 Å². The molecule has 0 heterocycles. The van der Waals surface area contributed by atoms with E-state index in [2.05, 4.69) is 21.2 Å². The Morgan fingerprint density at radius 3 is 2.52 bits per heavy atom. The fourth-order valence-electron chi connectivity index (χ4n) is 2.13. The van der Waals surface area contributed by atoms with Gasteiger partial charge in [-0.25, -0.2) is 4.79 Å². The number of hydrogen-bond acceptors (Lipinski definition) is 3. The summed E-state index contributed by atoms with van der Waals surface area (Å²) in [6.45, 7) is 3.99. The normalized spacial score (nSPS) is 13.3. The maximum Gasteiger partial charge on any atom is 0.336 e. The van der Waals surface area contributed by atoms with Crippen LogP contribution in [0.25, 0.3) is 0 Å². The van der Waals surface area contributed by atoms with Gasteiger partial charge in [-0.15, -0.1) is 0 Å². The second kappa shape index (κ2) is 6.76. The van der Waals surface area contributed by atoms with E-state index in [1.54, 1.807) is 0 Å². The van der Waals surface area contributed by atoms with Gasteiger partial charge in [0.2, 0.25) is 0 Å². The molecule has 0 aliphatic heterocycles. The van der Waals surface area contributed by atoms with E-state index in [0.29, 0.717) is 6.61 Å². The number of para-hydroxylation sites is 1. The van der Waals surface area contributed by atoms with Gasteiger partial charge in [0.25, 0.3) is 0 Å². The molecule has 21 heavy (non-hydrogen) atoms. The molecule has 0 amide bonds. The number of esters is 1. The van der Waals surface area contributed by atoms with Gasteiger partial charge < -0.3 is 10.1 Å². The first-order valence-corrected chi connectivity index (χ1v) is 7.62. The topological polar surface area (TPSA) is 38.3 Å². The van der Waals surface area contributed by atoms with E-state index in [9.17, 15) is 4.79 Å². The number of anilines is 1. The Balaban J connectivity index is 2.41. The van der Waals surface area contributed by atoms with Crippen LogP contribution in [0.5, 0.6) is 0 Å². The van der Waals surface area contributed by atoms with Crippen LogP contribution in [0.4, 0.5) is 5.69 Å². The number of hydrogen-bond donors (Lipinski definition) is 1. The molecule has 0 spiro atoms. The summed E-state index contributed by atoms with van der Waals surface area (Å²) in [5, 5.41) is 3.29. The van der Waals surface area contributed by atoms with E-state index in [1.807, 2.05) is 68.4 Å². The van der Waals surface area contributed by atoms with Gasteiger partial charge in [-0.3, -0.25) is 0 Å². The quantitative estimate of drug-likeness (QED) is 0.817. The molecular formula is C17H18BrNO2. The number of benzene rings is 2. The van der Waals surface area contributed by atoms with Gasteiger partial charge in [0.05, 0.1) is 6.61 Å². The van der Waals surface area contributed by atoms with E-state index < -0.39 is 5.54 Å². The van der Waals surface area contributed by atoms with Crippen LogP contribution in [0.3, 0.4) is 0 Å². The molecule has 2 aromatic carbocycles. The predicted molar refractivity (Wildman–Crippen MR) is 88.2 cm³/mol. The van der Waals surface area contributed by atoms with Crippen molar-refractivity contribution in [1.29, 1.82) is 0 Å². The highest BCUT2D eigenvalue weighted by molar-refractivity contribution is 9.10. The molecule has 0 aliphatic rings. The fraction of sp³-hybridized carbons (Fsp3) is 0.235. The monoisotopic (exact) mass is 347 g/mol. The second-order valence-corrected chi connectivity index (χ2v) is 5.76. The third kappa shape index (κ3) is 3.64. The molecule has 0 aromatic heterocycles. The lowest BCUT2D eigenvalue weighted by Gasteiger charge is -2.30. The Bertz CT molecular complexity index is 615. The van der Waals surface area contributed by atoms with E-state index in [-0.39, 0.29) is 5.97 Å². The van der Waals surface area contributed by atoms with E-state index >= 15 is 0 Å². The van der Waals surface area contributed by atoms with Crippen molar-refractivity contribution in [1.82, 2.24) is 0 Å². The summed E-state index contributed by atoms with van der Waals surface area (Å²) < 4.78 is 6.18. The number of halogens is 1. The molecular weight excluding hydrogens is 330 g/mol. The maximum atomic E-state index is 12.5. The standard InChI is InChI=1S/C17H18BrNO2/c1-3-21-16(20)17(2,13-8-7-9-14(18)12-13)19-15-10-5-4-6-11-15/h4-12,19H,3H2,1-2H3. The Morgan fingerprint density at radius 1 is 1.19 bits per heavy atom. The van der Waals surface area contributed by atoms with Crippen LogP contribution in [0.15, 0.2) is 59.1 Å². The number of carbonyl (C=O) groups is 1. The van der Waals surface area contributed by atoms with E-state index in [4.69, 9.17) is 4.74 Å². The molecule has 0 aliphatic carbocycles. The summed E-state index contributed by atoms with van der Waals surface area (Å²) in [6.07, 6.45) is 0. The summed E-state index contributed by atoms with van der Waals surface area (Å²) in [5.74, 6) is -0.299. The maximum absolute atomic E-state index is 12.5. The summed E-state index contributed by atoms with van der Waals surface area (Å²) in [6, 6.07) is 17.3. The van der Waals surface area contributed by atoms with Crippen molar-refractivity contribution in [2.45, 2.75) is 19.4 Å². The molecule has 0 bridgehead atoms. The lowest BCUT2D eigenvalue weighted by molar-refractivity contribution is -0.148. The average Bonchev–Trinajstić information content (AvgIpc) is 2.48. The number of carbonyl (C=O) groups excluding carboxylic acids is 1. The Labute approximate surface area is 133 Å². The molecule has 0 radical (unpaired) electrons. The van der Waals surface area contributed by atoms with Gasteiger partial charge in [-0.05, 0) is 43.7 Å². The molecule has 3 nitrogen and oxygen atoms in total. The third-order valence-corrected chi connectivity index (χ3v) is 3.75. The molecule has 1 unspecified atom stereocenters. The van der Waals surface area contributed by atoms with Crippen molar-refractivity contribution in [3.05, 3.63) is 64.6 Å². The lowest BCUT2D eigenvalue weighted by atomic mass is 9.91. The molecule has 2 aromatic rings. The van der Waals surface area contributed by atoms with Gasteiger partial charge in [0.15, 0.2) is 5.54 Å². The highest BCUT2D eigenvalue weighted by Crippen LogP contribution is 2.29. The largest absolute Gasteiger partial charge is 0.464 e. The van der Waals surface area contributed by atoms with Crippen LogP contribution in [-0.2, 0) is 15.1 Å². The first-order chi connectivity index (χ1) is 10.1. The molecule has 1 atom stereocenters. The van der Waals surface area contributed by atoms with Crippen LogP contribution in [0.1, 0.15) is 19.4 Å². The number of ether oxygens (including phenoxy) is 1. The van der Waals surface area contributed by atoms with Gasteiger partial charge in [-0.2, -0.15) is 0 Å². The van der Waals surface area contributed by atoms with Crippen LogP contribution < -0.4 is 5.32 Å². The van der Waals surface area contributed by atoms with Crippen LogP contribution >= 0.6 is 15.9 Å². The van der Waals surface area contributed by atoms with E-state index in [1.165, 1.54) is 0 Å². The Morgan fingerprint density at radius 2 is 1.90 bits per heavy atom. The molecule has 4 heteroatoms. The predicted octanol–water partition coefficient (Wildman–Crippen LogP) is 4.34. The first-order valence-electron chi connectivity index (χ1n) is 6.83. The zero-order valence-corrected chi connectivity index (χ0v) is 13.7. The number of nitrogens with one attached hydrogen (secondary N) is 1. The van der Waals surface area contributed by atoms with Crippen LogP contribution in [-0.4, -0.2) is 12.6 Å². The van der Waals surface area contributed by atoms with Crippen molar-refractivity contribution >= 4 is 27.6 Å². The minimum atomic E-state index is -0.943. The summed E-state index contributed by atoms with van der Waals surface area (Å²) in [7, 11) is 0. The smallest absolute Gasteiger partial charge is 0.336 e. The van der Waals surface area contributed by atoms with E-state index in [0.717, 1.165) is 15.7 Å². The van der Waals surface area contributed by atoms with Gasteiger partial charge in [0, 0.05) is 10.2 Å². The molecule has 0 saturated carbocycles. The second-order valence-electron chi connectivity index (χ2n) is 4.85. The van der Waals surface area contributed by atoms with Crippen LogP contribution in [0, 0.1) is 0 Å². The molecule has 0 fully saturated rings. The highest BCUT2D eigenvalue weighted by Gasteiger charge is 2.36. The third-order valence-electron chi connectivity index (χ3n) is 3.25. The zero-order chi connectivity index (χ0) is 15.3. The fourth-order valence-corrected chi connectivity index (χ4v) is 2.53. The van der Waals surface area contributed by atoms with Crippen molar-refractivity contribution in [3.8, 4) is 0 Å². The summed E-state index contributed by atoms with van der Waals surface area (Å²) in [5.41, 5.74) is 0.772. The van der Waals surface area contributed by atoms with Gasteiger partial charge in [-0.1, -0.05) is 46.3 Å². The summed E-state index contributed by atoms with van der Waals surface area (Å²) in [4.78, 5) is 12.5. The Kier molecular flexibility index (Phi) is 5.02. The SMILES string of the molecule is CCOC(=O)C(C)(Nc1ccccc1)c1cccc(Br)c1. The Hall–Kier alpha value is -1.81. The van der Waals surface area contributed by atoms with Gasteiger partial charge >= 0.3 is 5.97 Å². The minimum Gasteiger partial charge on any atom is -0.464 e. The van der Waals surface area contributed by atoms with Crippen molar-refractivity contribution in [2.75, 3.05) is 11.9 Å². The molecule has 1 N–H and O–H groups in total. The van der Waals surface area contributed by atoms with Crippen molar-refractivity contribution in [2.24, 2.45) is 0 Å². The molecule has 2 rings (SSSR count). The molecule has 110 valence electrons. The lowest BCUT2D eigenvalue weighted by Crippen LogP contribution is -2.42. The minimum absolute atomic E-state index is 0.299. The van der Waals surface area contributed by atoms with Crippen LogP contribution in [0.2, 0.25) is 0 Å². The average molecular weight is 348 g/mol. The van der Waals surface area contributed by atoms with Crippen molar-refractivity contribution < 1.29 is 9.53 Å². The highest BCUT2D eigenvalue weighted by atomic mass is 79.9.